The quantitative estimate of drug-likeness (QED) is 0.476. The normalized spacial score (nSPS) is 10.6. The van der Waals surface area contributed by atoms with Crippen LogP contribution in [0.5, 0.6) is 0 Å². The Bertz CT molecular complexity index is 652. The maximum atomic E-state index is 11.8. The second-order valence-corrected chi connectivity index (χ2v) is 6.29. The number of ether oxygens (including phenoxy) is 2. The Morgan fingerprint density at radius 1 is 1.21 bits per heavy atom. The van der Waals surface area contributed by atoms with Crippen molar-refractivity contribution >= 4 is 46.4 Å². The number of aromatic nitrogens is 1. The third-order valence-electron chi connectivity index (χ3n) is 3.25. The lowest BCUT2D eigenvalue weighted by atomic mass is 10.3. The van der Waals surface area contributed by atoms with Gasteiger partial charge in [0.25, 0.3) is 0 Å². The number of benzene rings is 1. The first-order valence-electron chi connectivity index (χ1n) is 7.49. The van der Waals surface area contributed by atoms with Crippen molar-refractivity contribution in [1.29, 1.82) is 0 Å². The van der Waals surface area contributed by atoms with E-state index in [1.807, 2.05) is 18.2 Å². The van der Waals surface area contributed by atoms with Crippen LogP contribution < -0.4 is 4.90 Å². The average Bonchev–Trinajstić information content (AvgIpc) is 2.94. The fourth-order valence-electron chi connectivity index (χ4n) is 2.03. The molecule has 0 spiro atoms. The highest BCUT2D eigenvalue weighted by atomic mass is 35.5. The molecule has 130 valence electrons. The van der Waals surface area contributed by atoms with Crippen molar-refractivity contribution in [2.24, 2.45) is 0 Å². The molecule has 0 bridgehead atoms. The summed E-state index contributed by atoms with van der Waals surface area (Å²) < 4.78 is 14.4. The molecule has 0 saturated heterocycles. The first-order chi connectivity index (χ1) is 11.6. The first kappa shape index (κ1) is 19.0. The lowest BCUT2D eigenvalue weighted by molar-refractivity contribution is 0.0332. The van der Waals surface area contributed by atoms with Crippen molar-refractivity contribution in [3.8, 4) is 0 Å². The number of halogens is 2. The minimum absolute atomic E-state index is 0.116. The van der Waals surface area contributed by atoms with Crippen molar-refractivity contribution in [3.05, 3.63) is 45.4 Å². The summed E-state index contributed by atoms with van der Waals surface area (Å²) in [5, 5.41) is 0.250. The molecule has 5 nitrogen and oxygen atoms in total. The molecule has 2 rings (SSSR count). The highest BCUT2D eigenvalue weighted by Gasteiger charge is 2.18. The van der Waals surface area contributed by atoms with E-state index in [0.29, 0.717) is 13.2 Å². The van der Waals surface area contributed by atoms with Crippen LogP contribution in [0.1, 0.15) is 16.6 Å². The second kappa shape index (κ2) is 9.84. The van der Waals surface area contributed by atoms with Gasteiger partial charge in [-0.15, -0.1) is 0 Å². The molecule has 1 aromatic carbocycles. The van der Waals surface area contributed by atoms with Gasteiger partial charge in [-0.25, -0.2) is 4.79 Å². The van der Waals surface area contributed by atoms with E-state index >= 15 is 0 Å². The molecule has 1 heterocycles. The third-order valence-corrected chi connectivity index (χ3v) is 5.03. The molecular weight excluding hydrogens is 371 g/mol. The minimum atomic E-state index is -0.535. The number of carbonyl (C=O) groups is 1. The Labute approximate surface area is 155 Å². The summed E-state index contributed by atoms with van der Waals surface area (Å²) in [4.78, 5) is 14.2. The van der Waals surface area contributed by atoms with Gasteiger partial charge >= 0.3 is 5.97 Å². The van der Waals surface area contributed by atoms with Crippen LogP contribution in [0.2, 0.25) is 10.2 Å². The molecule has 1 aromatic heterocycles. The Hall–Kier alpha value is -1.34. The summed E-state index contributed by atoms with van der Waals surface area (Å²) in [5.41, 5.74) is 1.16. The average molecular weight is 389 g/mol. The molecule has 2 aromatic rings. The zero-order chi connectivity index (χ0) is 17.4. The van der Waals surface area contributed by atoms with Crippen LogP contribution in [0.15, 0.2) is 30.3 Å². The first-order valence-corrected chi connectivity index (χ1v) is 9.02. The predicted molar refractivity (Wildman–Crippen MR) is 97.6 cm³/mol. The number of anilines is 1. The molecule has 24 heavy (non-hydrogen) atoms. The molecule has 8 heteroatoms. The molecule has 0 N–H and O–H groups in total. The molecule has 0 radical (unpaired) electrons. The summed E-state index contributed by atoms with van der Waals surface area (Å²) in [7, 11) is 0. The molecule has 0 aliphatic carbocycles. The van der Waals surface area contributed by atoms with Crippen molar-refractivity contribution in [1.82, 2.24) is 4.37 Å². The van der Waals surface area contributed by atoms with Crippen LogP contribution in [-0.4, -0.2) is 43.3 Å². The Morgan fingerprint density at radius 3 is 2.58 bits per heavy atom. The van der Waals surface area contributed by atoms with E-state index in [1.165, 1.54) is 0 Å². The van der Waals surface area contributed by atoms with Crippen LogP contribution in [0.4, 0.5) is 5.69 Å². The zero-order valence-corrected chi connectivity index (χ0v) is 15.5. The van der Waals surface area contributed by atoms with Gasteiger partial charge in [0.05, 0.1) is 13.2 Å². The summed E-state index contributed by atoms with van der Waals surface area (Å²) in [6.45, 7) is 4.79. The fraction of sp³-hybridized carbons (Fsp3) is 0.375. The lowest BCUT2D eigenvalue weighted by Crippen LogP contribution is -2.27. The van der Waals surface area contributed by atoms with Crippen molar-refractivity contribution in [2.45, 2.75) is 6.92 Å². The standard InChI is InChI=1S/C16H18Cl2N2O3S/c1-2-20(12-6-4-3-5-7-12)8-9-22-10-11-23-16(21)14-13(17)15(18)19-24-14/h3-7H,2,8-11H2,1H3. The summed E-state index contributed by atoms with van der Waals surface area (Å²) >= 11 is 12.5. The Balaban J connectivity index is 1.64. The van der Waals surface area contributed by atoms with Crippen LogP contribution in [0.3, 0.4) is 0 Å². The van der Waals surface area contributed by atoms with Gasteiger partial charge in [0.15, 0.2) is 10.0 Å². The maximum Gasteiger partial charge on any atom is 0.351 e. The molecule has 0 fully saturated rings. The smallest absolute Gasteiger partial charge is 0.351 e. The van der Waals surface area contributed by atoms with E-state index in [1.54, 1.807) is 0 Å². The van der Waals surface area contributed by atoms with Gasteiger partial charge in [-0.2, -0.15) is 4.37 Å². The SMILES string of the molecule is CCN(CCOCCOC(=O)c1snc(Cl)c1Cl)c1ccccc1. The van der Waals surface area contributed by atoms with Crippen molar-refractivity contribution in [3.63, 3.8) is 0 Å². The summed E-state index contributed by atoms with van der Waals surface area (Å²) in [6.07, 6.45) is 0. The van der Waals surface area contributed by atoms with Gasteiger partial charge < -0.3 is 14.4 Å². The lowest BCUT2D eigenvalue weighted by Gasteiger charge is -2.22. The van der Waals surface area contributed by atoms with Crippen molar-refractivity contribution < 1.29 is 14.3 Å². The topological polar surface area (TPSA) is 51.7 Å². The van der Waals surface area contributed by atoms with E-state index in [0.717, 1.165) is 30.3 Å². The van der Waals surface area contributed by atoms with Crippen LogP contribution in [-0.2, 0) is 9.47 Å². The van der Waals surface area contributed by atoms with E-state index < -0.39 is 5.97 Å². The van der Waals surface area contributed by atoms with E-state index in [2.05, 4.69) is 28.3 Å². The highest BCUT2D eigenvalue weighted by Crippen LogP contribution is 2.28. The van der Waals surface area contributed by atoms with Gasteiger partial charge in [0, 0.05) is 18.8 Å². The minimum Gasteiger partial charge on any atom is -0.459 e. The van der Waals surface area contributed by atoms with Gasteiger partial charge in [-0.1, -0.05) is 41.4 Å². The Morgan fingerprint density at radius 2 is 1.96 bits per heavy atom. The number of likely N-dealkylation sites (N-methyl/N-ethyl adjacent to an activating group) is 1. The third kappa shape index (κ3) is 5.34. The van der Waals surface area contributed by atoms with Crippen LogP contribution >= 0.6 is 34.7 Å². The molecular formula is C16H18Cl2N2O3S. The second-order valence-electron chi connectivity index (χ2n) is 4.78. The van der Waals surface area contributed by atoms with Crippen LogP contribution in [0.25, 0.3) is 0 Å². The fourth-order valence-corrected chi connectivity index (χ4v) is 3.13. The number of hydrogen-bond acceptors (Lipinski definition) is 6. The van der Waals surface area contributed by atoms with Crippen molar-refractivity contribution in [2.75, 3.05) is 37.8 Å². The summed E-state index contributed by atoms with van der Waals surface area (Å²) in [6, 6.07) is 10.1. The number of hydrogen-bond donors (Lipinski definition) is 0. The summed E-state index contributed by atoms with van der Waals surface area (Å²) in [5.74, 6) is -0.535. The highest BCUT2D eigenvalue weighted by molar-refractivity contribution is 7.09. The number of rotatable bonds is 9. The number of nitrogens with zero attached hydrogens (tertiary/aromatic N) is 2. The van der Waals surface area contributed by atoms with Gasteiger partial charge in [-0.3, -0.25) is 0 Å². The Kier molecular flexibility index (Phi) is 7.78. The molecule has 0 amide bonds. The predicted octanol–water partition coefficient (Wildman–Crippen LogP) is 4.15. The van der Waals surface area contributed by atoms with Gasteiger partial charge in [-0.05, 0) is 30.6 Å². The molecule has 0 aliphatic rings. The zero-order valence-electron chi connectivity index (χ0n) is 13.2. The monoisotopic (exact) mass is 388 g/mol. The van der Waals surface area contributed by atoms with E-state index in [9.17, 15) is 4.79 Å². The molecule has 0 aliphatic heterocycles. The number of para-hydroxylation sites is 1. The molecule has 0 atom stereocenters. The van der Waals surface area contributed by atoms with E-state index in [4.69, 9.17) is 32.7 Å². The van der Waals surface area contributed by atoms with E-state index in [-0.39, 0.29) is 21.7 Å². The molecule has 0 unspecified atom stereocenters. The van der Waals surface area contributed by atoms with Gasteiger partial charge in [0.1, 0.15) is 11.6 Å². The van der Waals surface area contributed by atoms with Gasteiger partial charge in [0.2, 0.25) is 0 Å². The number of esters is 1. The maximum absolute atomic E-state index is 11.8. The van der Waals surface area contributed by atoms with Crippen LogP contribution in [0, 0.1) is 0 Å². The molecule has 0 saturated carbocycles. The largest absolute Gasteiger partial charge is 0.459 e. The number of carbonyl (C=O) groups excluding carboxylic acids is 1.